The maximum atomic E-state index is 14.0. The molecule has 1 aliphatic rings. The van der Waals surface area contributed by atoms with E-state index in [0.717, 1.165) is 37.7 Å². The lowest BCUT2D eigenvalue weighted by atomic mass is 9.83. The third-order valence-corrected chi connectivity index (χ3v) is 10.7. The van der Waals surface area contributed by atoms with Gasteiger partial charge in [-0.3, -0.25) is 9.59 Å². The van der Waals surface area contributed by atoms with E-state index in [0.29, 0.717) is 17.9 Å². The highest BCUT2D eigenvalue weighted by Crippen LogP contribution is 2.28. The molecule has 4 atom stereocenters. The molecule has 1 aliphatic carbocycles. The predicted molar refractivity (Wildman–Crippen MR) is 182 cm³/mol. The molecule has 0 spiro atoms. The summed E-state index contributed by atoms with van der Waals surface area (Å²) in [6, 6.07) is 3.89. The van der Waals surface area contributed by atoms with E-state index >= 15 is 0 Å². The summed E-state index contributed by atoms with van der Waals surface area (Å²) < 4.78 is 36.2. The summed E-state index contributed by atoms with van der Waals surface area (Å²) in [6.07, 6.45) is 6.39. The Hall–Kier alpha value is -3.65. The van der Waals surface area contributed by atoms with Crippen LogP contribution in [0, 0.1) is 5.92 Å². The van der Waals surface area contributed by atoms with Crippen molar-refractivity contribution >= 4 is 27.7 Å². The maximum Gasteiger partial charge on any atom is 0.408 e. The minimum Gasteiger partial charge on any atom is -0.497 e. The van der Waals surface area contributed by atoms with Gasteiger partial charge in [0, 0.05) is 24.7 Å². The number of aromatic nitrogens is 2. The van der Waals surface area contributed by atoms with Crippen LogP contribution in [0.1, 0.15) is 84.4 Å². The maximum absolute atomic E-state index is 14.0. The first-order chi connectivity index (χ1) is 22.6. The molecule has 3 amide bonds. The summed E-state index contributed by atoms with van der Waals surface area (Å²) in [6.45, 7) is 8.24. The molecule has 0 unspecified atom stereocenters. The summed E-state index contributed by atoms with van der Waals surface area (Å²) in [7, 11) is -2.07. The number of rotatable bonds is 16. The number of ether oxygens (including phenoxy) is 2. The van der Waals surface area contributed by atoms with Crippen LogP contribution in [-0.2, 0) is 37.0 Å². The van der Waals surface area contributed by atoms with Gasteiger partial charge in [0.25, 0.3) is 0 Å². The lowest BCUT2D eigenvalue weighted by Gasteiger charge is -2.32. The second-order valence-corrected chi connectivity index (χ2v) is 16.5. The fourth-order valence-corrected chi connectivity index (χ4v) is 6.77. The number of carbonyl (C=O) groups excluding carboxylic acids is 3. The highest BCUT2D eigenvalue weighted by Gasteiger charge is 2.34. The number of sulfone groups is 1. The summed E-state index contributed by atoms with van der Waals surface area (Å²) in [4.78, 5) is 47.6. The van der Waals surface area contributed by atoms with Crippen molar-refractivity contribution in [2.45, 2.75) is 121 Å². The normalized spacial score (nSPS) is 16.8. The van der Waals surface area contributed by atoms with Crippen molar-refractivity contribution in [2.75, 3.05) is 12.9 Å². The quantitative estimate of drug-likeness (QED) is 0.176. The third-order valence-electron chi connectivity index (χ3n) is 8.44. The molecule has 5 N–H and O–H groups in total. The number of hydrogen-bond acceptors (Lipinski definition) is 9. The van der Waals surface area contributed by atoms with Crippen LogP contribution in [-0.4, -0.2) is 89.3 Å². The van der Waals surface area contributed by atoms with E-state index in [1.807, 2.05) is 0 Å². The molecule has 1 heterocycles. The van der Waals surface area contributed by atoms with Crippen LogP contribution in [0.2, 0.25) is 0 Å². The number of aromatic amines is 1. The molecule has 2 aromatic rings. The summed E-state index contributed by atoms with van der Waals surface area (Å²) >= 11 is 0. The summed E-state index contributed by atoms with van der Waals surface area (Å²) in [5, 5.41) is 18.8. The summed E-state index contributed by atoms with van der Waals surface area (Å²) in [5.74, 6) is -0.887. The van der Waals surface area contributed by atoms with E-state index in [1.54, 1.807) is 66.0 Å². The molecule has 0 radical (unpaired) electrons. The van der Waals surface area contributed by atoms with E-state index < -0.39 is 68.6 Å². The molecular formula is C34H53N5O8S. The van der Waals surface area contributed by atoms with Gasteiger partial charge >= 0.3 is 6.09 Å². The molecule has 0 bridgehead atoms. The van der Waals surface area contributed by atoms with Crippen molar-refractivity contribution < 1.29 is 37.4 Å². The predicted octanol–water partition coefficient (Wildman–Crippen LogP) is 3.22. The number of H-pyrrole nitrogens is 1. The van der Waals surface area contributed by atoms with Gasteiger partial charge < -0.3 is 35.5 Å². The Morgan fingerprint density at radius 2 is 1.60 bits per heavy atom. The van der Waals surface area contributed by atoms with Crippen LogP contribution >= 0.6 is 0 Å². The molecule has 14 heteroatoms. The first kappa shape index (κ1) is 38.8. The Morgan fingerprint density at radius 1 is 0.979 bits per heavy atom. The fourth-order valence-electron chi connectivity index (χ4n) is 5.68. The number of nitrogens with one attached hydrogen (secondary N) is 4. The van der Waals surface area contributed by atoms with Crippen LogP contribution < -0.4 is 20.7 Å². The van der Waals surface area contributed by atoms with Gasteiger partial charge in [0.15, 0.2) is 9.84 Å². The van der Waals surface area contributed by atoms with Crippen LogP contribution in [0.5, 0.6) is 5.75 Å². The zero-order valence-electron chi connectivity index (χ0n) is 29.0. The first-order valence-electron chi connectivity index (χ1n) is 16.7. The van der Waals surface area contributed by atoms with Gasteiger partial charge in [-0.2, -0.15) is 0 Å². The highest BCUT2D eigenvalue weighted by molar-refractivity contribution is 7.92. The molecule has 3 rings (SSSR count). The van der Waals surface area contributed by atoms with Gasteiger partial charge in [-0.15, -0.1) is 0 Å². The van der Waals surface area contributed by atoms with Crippen molar-refractivity contribution in [1.82, 2.24) is 25.9 Å². The van der Waals surface area contributed by atoms with E-state index in [-0.39, 0.29) is 18.8 Å². The van der Waals surface area contributed by atoms with Gasteiger partial charge in [-0.05, 0) is 64.7 Å². The number of aliphatic hydroxyl groups is 1. The van der Waals surface area contributed by atoms with Crippen molar-refractivity contribution in [3.05, 3.63) is 48.0 Å². The molecule has 0 aliphatic heterocycles. The number of benzene rings is 1. The van der Waals surface area contributed by atoms with Crippen LogP contribution in [0.15, 0.2) is 36.8 Å². The molecule has 1 saturated carbocycles. The van der Waals surface area contributed by atoms with Gasteiger partial charge in [0.05, 0.1) is 36.6 Å². The molecule has 1 fully saturated rings. The van der Waals surface area contributed by atoms with Crippen LogP contribution in [0.25, 0.3) is 0 Å². The van der Waals surface area contributed by atoms with Gasteiger partial charge in [-0.1, -0.05) is 44.2 Å². The average molecular weight is 692 g/mol. The Kier molecular flexibility index (Phi) is 14.3. The number of aliphatic hydroxyl groups excluding tert-OH is 1. The molecule has 1 aromatic heterocycles. The molecule has 268 valence electrons. The number of methoxy groups -OCH3 is 1. The molecule has 48 heavy (non-hydrogen) atoms. The Balaban J connectivity index is 1.87. The zero-order chi connectivity index (χ0) is 35.5. The topological polar surface area (TPSA) is 189 Å². The number of carbonyl (C=O) groups is 3. The smallest absolute Gasteiger partial charge is 0.408 e. The average Bonchev–Trinajstić information content (AvgIpc) is 3.53. The number of nitrogens with zero attached hydrogens (tertiary/aromatic N) is 1. The van der Waals surface area contributed by atoms with Crippen LogP contribution in [0.4, 0.5) is 4.79 Å². The van der Waals surface area contributed by atoms with E-state index in [1.165, 1.54) is 12.5 Å². The standard InChI is InChI=1S/C34H53N5O8S/c1-22(2)48(44,45)20-30(40)27(16-23-10-8-7-9-11-23)37-32(42)29(18-25-19-35-21-36-25)38-31(41)28(39-33(43)47-34(3,4)5)17-24-12-14-26(46-6)15-13-24/h12-15,19,21-23,27-30,40H,7-11,16-18,20H2,1-6H3,(H,35,36)(H,37,42)(H,38,41)(H,39,43)/t27-,28-,29-,30-/m0/s1. The Morgan fingerprint density at radius 3 is 2.17 bits per heavy atom. The largest absolute Gasteiger partial charge is 0.497 e. The SMILES string of the molecule is COc1ccc(C[C@H](NC(=O)OC(C)(C)C)C(=O)N[C@@H](Cc2cnc[nH]2)C(=O)N[C@@H](CC2CCCCC2)[C@@H](O)CS(=O)(=O)C(C)C)cc1. The van der Waals surface area contributed by atoms with E-state index in [2.05, 4.69) is 25.9 Å². The summed E-state index contributed by atoms with van der Waals surface area (Å²) in [5.41, 5.74) is 0.475. The van der Waals surface area contributed by atoms with Crippen LogP contribution in [0.3, 0.4) is 0 Å². The van der Waals surface area contributed by atoms with Crippen molar-refractivity contribution in [1.29, 1.82) is 0 Å². The first-order valence-corrected chi connectivity index (χ1v) is 18.4. The van der Waals surface area contributed by atoms with E-state index in [4.69, 9.17) is 9.47 Å². The Labute approximate surface area is 284 Å². The van der Waals surface area contributed by atoms with Gasteiger partial charge in [-0.25, -0.2) is 18.2 Å². The van der Waals surface area contributed by atoms with Gasteiger partial charge in [0.1, 0.15) is 23.4 Å². The zero-order valence-corrected chi connectivity index (χ0v) is 29.8. The van der Waals surface area contributed by atoms with Gasteiger partial charge in [0.2, 0.25) is 11.8 Å². The fraction of sp³-hybridized carbons (Fsp3) is 0.647. The van der Waals surface area contributed by atoms with Crippen molar-refractivity contribution in [3.63, 3.8) is 0 Å². The minimum absolute atomic E-state index is 0.0236. The lowest BCUT2D eigenvalue weighted by Crippen LogP contribution is -2.58. The van der Waals surface area contributed by atoms with Crippen molar-refractivity contribution in [2.24, 2.45) is 5.92 Å². The number of alkyl carbamates (subject to hydrolysis) is 1. The lowest BCUT2D eigenvalue weighted by molar-refractivity contribution is -0.130. The monoisotopic (exact) mass is 691 g/mol. The molecule has 0 saturated heterocycles. The third kappa shape index (κ3) is 12.8. The molecule has 1 aromatic carbocycles. The minimum atomic E-state index is -3.61. The highest BCUT2D eigenvalue weighted by atomic mass is 32.2. The number of amides is 3. The molecule has 13 nitrogen and oxygen atoms in total. The van der Waals surface area contributed by atoms with E-state index in [9.17, 15) is 27.9 Å². The second kappa shape index (κ2) is 17.7. The van der Waals surface area contributed by atoms with Crippen molar-refractivity contribution in [3.8, 4) is 5.75 Å². The Bertz CT molecular complexity index is 1420. The second-order valence-electron chi connectivity index (χ2n) is 13.9. The molecular weight excluding hydrogens is 638 g/mol. The number of imidazole rings is 1. The number of hydrogen-bond donors (Lipinski definition) is 5.